The van der Waals surface area contributed by atoms with E-state index in [1.54, 1.807) is 0 Å². The number of hydrogen-bond acceptors (Lipinski definition) is 3. The number of likely N-dealkylation sites (N-methyl/N-ethyl adjacent to an activating group) is 1. The molecule has 2 atom stereocenters. The van der Waals surface area contributed by atoms with Crippen molar-refractivity contribution in [1.29, 1.82) is 0 Å². The van der Waals surface area contributed by atoms with Crippen molar-refractivity contribution in [3.05, 3.63) is 29.8 Å². The maximum atomic E-state index is 12.2. The van der Waals surface area contributed by atoms with Crippen LogP contribution in [0.4, 0.5) is 5.69 Å². The van der Waals surface area contributed by atoms with E-state index in [1.807, 2.05) is 47.2 Å². The minimum absolute atomic E-state index is 0.00206. The van der Waals surface area contributed by atoms with Gasteiger partial charge >= 0.3 is 0 Å². The minimum Gasteiger partial charge on any atom is -0.325 e. The lowest BCUT2D eigenvalue weighted by Gasteiger charge is -2.18. The summed E-state index contributed by atoms with van der Waals surface area (Å²) in [6.07, 6.45) is 0.932. The summed E-state index contributed by atoms with van der Waals surface area (Å²) in [5.74, 6) is 0.107. The Kier molecular flexibility index (Phi) is 4.91. The van der Waals surface area contributed by atoms with Crippen molar-refractivity contribution in [2.24, 2.45) is 0 Å². The van der Waals surface area contributed by atoms with Gasteiger partial charge in [-0.15, -0.1) is 0 Å². The van der Waals surface area contributed by atoms with Crippen LogP contribution < -0.4 is 5.32 Å². The standard InChI is InChI=1S/C13H17IN2OS/c1-9-4-3-5-10(6-9)15-13(17)12-7-11(18-14)8-16(12)2/h3-6,11-12H,7-8H2,1-2H3,(H,15,17). The highest BCUT2D eigenvalue weighted by atomic mass is 127. The molecule has 1 saturated heterocycles. The topological polar surface area (TPSA) is 32.3 Å². The van der Waals surface area contributed by atoms with Crippen LogP contribution in [0.25, 0.3) is 0 Å². The monoisotopic (exact) mass is 376 g/mol. The summed E-state index contributed by atoms with van der Waals surface area (Å²) in [6, 6.07) is 7.92. The van der Waals surface area contributed by atoms with Gasteiger partial charge in [-0.1, -0.05) is 21.1 Å². The number of nitrogens with zero attached hydrogens (tertiary/aromatic N) is 1. The second-order valence-corrected chi connectivity index (χ2v) is 7.13. The van der Waals surface area contributed by atoms with Gasteiger partial charge in [-0.05, 0) is 59.3 Å². The van der Waals surface area contributed by atoms with Gasteiger partial charge in [-0.25, -0.2) is 0 Å². The lowest BCUT2D eigenvalue weighted by molar-refractivity contribution is -0.119. The van der Waals surface area contributed by atoms with Crippen molar-refractivity contribution in [2.75, 3.05) is 18.9 Å². The van der Waals surface area contributed by atoms with E-state index in [1.165, 1.54) is 0 Å². The van der Waals surface area contributed by atoms with Crippen molar-refractivity contribution < 1.29 is 4.79 Å². The molecule has 1 heterocycles. The summed E-state index contributed by atoms with van der Waals surface area (Å²) in [5, 5.41) is 3.57. The third-order valence-corrected chi connectivity index (χ3v) is 5.98. The number of carbonyl (C=O) groups excluding carboxylic acids is 1. The van der Waals surface area contributed by atoms with Crippen LogP contribution in [0.1, 0.15) is 12.0 Å². The molecule has 1 N–H and O–H groups in total. The summed E-state index contributed by atoms with van der Waals surface area (Å²) in [4.78, 5) is 14.4. The van der Waals surface area contributed by atoms with Crippen molar-refractivity contribution in [1.82, 2.24) is 4.90 Å². The third-order valence-electron chi connectivity index (χ3n) is 3.22. The van der Waals surface area contributed by atoms with Crippen molar-refractivity contribution in [3.8, 4) is 0 Å². The Hall–Kier alpha value is -0.270. The molecule has 0 spiro atoms. The van der Waals surface area contributed by atoms with Gasteiger partial charge in [0.15, 0.2) is 0 Å². The van der Waals surface area contributed by atoms with Crippen LogP contribution in [0.15, 0.2) is 24.3 Å². The normalized spacial score (nSPS) is 24.2. The average molecular weight is 376 g/mol. The van der Waals surface area contributed by atoms with E-state index in [2.05, 4.69) is 31.4 Å². The van der Waals surface area contributed by atoms with Crippen molar-refractivity contribution >= 4 is 41.7 Å². The fourth-order valence-corrected chi connectivity index (χ4v) is 3.92. The Balaban J connectivity index is 2.00. The smallest absolute Gasteiger partial charge is 0.241 e. The zero-order chi connectivity index (χ0) is 13.1. The van der Waals surface area contributed by atoms with Crippen LogP contribution in [0.3, 0.4) is 0 Å². The van der Waals surface area contributed by atoms with E-state index < -0.39 is 0 Å². The fraction of sp³-hybridized carbons (Fsp3) is 0.462. The maximum absolute atomic E-state index is 12.2. The zero-order valence-electron chi connectivity index (χ0n) is 10.5. The highest BCUT2D eigenvalue weighted by Gasteiger charge is 2.34. The van der Waals surface area contributed by atoms with Gasteiger partial charge < -0.3 is 5.32 Å². The lowest BCUT2D eigenvalue weighted by Crippen LogP contribution is -2.37. The molecule has 1 aromatic rings. The van der Waals surface area contributed by atoms with E-state index in [0.29, 0.717) is 5.25 Å². The minimum atomic E-state index is -0.00206. The van der Waals surface area contributed by atoms with Crippen LogP contribution in [-0.2, 0) is 4.79 Å². The van der Waals surface area contributed by atoms with Gasteiger partial charge in [0.25, 0.3) is 0 Å². The third kappa shape index (κ3) is 3.39. The van der Waals surface area contributed by atoms with E-state index in [9.17, 15) is 4.79 Å². The molecule has 0 radical (unpaired) electrons. The molecule has 0 aromatic heterocycles. The van der Waals surface area contributed by atoms with Crippen molar-refractivity contribution in [3.63, 3.8) is 0 Å². The van der Waals surface area contributed by atoms with E-state index in [4.69, 9.17) is 0 Å². The molecule has 0 saturated carbocycles. The quantitative estimate of drug-likeness (QED) is 0.823. The summed E-state index contributed by atoms with van der Waals surface area (Å²) in [7, 11) is 3.84. The molecule has 1 aliphatic heterocycles. The molecular weight excluding hydrogens is 359 g/mol. The lowest BCUT2D eigenvalue weighted by atomic mass is 10.2. The molecule has 5 heteroatoms. The van der Waals surface area contributed by atoms with Gasteiger partial charge in [0.2, 0.25) is 5.91 Å². The summed E-state index contributed by atoms with van der Waals surface area (Å²) >= 11 is 2.32. The Labute approximate surface area is 124 Å². The SMILES string of the molecule is Cc1cccc(NC(=O)C2CC(SI)CN2C)c1. The zero-order valence-corrected chi connectivity index (χ0v) is 13.5. The van der Waals surface area contributed by atoms with Gasteiger partial charge in [0.05, 0.1) is 6.04 Å². The molecule has 18 heavy (non-hydrogen) atoms. The summed E-state index contributed by atoms with van der Waals surface area (Å²) < 4.78 is 0. The number of aryl methyl sites for hydroxylation is 1. The molecule has 3 nitrogen and oxygen atoms in total. The number of amides is 1. The molecule has 2 unspecified atom stereocenters. The van der Waals surface area contributed by atoms with Gasteiger partial charge in [0, 0.05) is 17.5 Å². The molecule has 1 aliphatic rings. The number of anilines is 1. The van der Waals surface area contributed by atoms with Gasteiger partial charge in [-0.3, -0.25) is 9.69 Å². The van der Waals surface area contributed by atoms with Crippen molar-refractivity contribution in [2.45, 2.75) is 24.6 Å². The number of carbonyl (C=O) groups is 1. The first-order chi connectivity index (χ1) is 8.60. The molecule has 98 valence electrons. The first-order valence-corrected chi connectivity index (χ1v) is 9.37. The highest BCUT2D eigenvalue weighted by molar-refractivity contribution is 14.2. The molecular formula is C13H17IN2OS. The fourth-order valence-electron chi connectivity index (χ4n) is 2.27. The molecule has 1 fully saturated rings. The van der Waals surface area contributed by atoms with E-state index in [0.717, 1.165) is 24.2 Å². The first-order valence-electron chi connectivity index (χ1n) is 5.95. The Morgan fingerprint density at radius 3 is 2.94 bits per heavy atom. The number of halogens is 1. The van der Waals surface area contributed by atoms with Crippen LogP contribution in [0.2, 0.25) is 0 Å². The number of rotatable bonds is 3. The Bertz CT molecular complexity index is 441. The van der Waals surface area contributed by atoms with Crippen LogP contribution in [0, 0.1) is 6.92 Å². The largest absolute Gasteiger partial charge is 0.325 e. The van der Waals surface area contributed by atoms with Gasteiger partial charge in [-0.2, -0.15) is 0 Å². The number of likely N-dealkylation sites (tertiary alicyclic amines) is 1. The molecule has 0 bridgehead atoms. The Morgan fingerprint density at radius 1 is 1.56 bits per heavy atom. The van der Waals surface area contributed by atoms with Crippen LogP contribution >= 0.6 is 30.1 Å². The number of nitrogens with one attached hydrogen (secondary N) is 1. The molecule has 1 amide bonds. The number of hydrogen-bond donors (Lipinski definition) is 1. The van der Waals surface area contributed by atoms with Gasteiger partial charge in [0.1, 0.15) is 0 Å². The van der Waals surface area contributed by atoms with Crippen LogP contribution in [0.5, 0.6) is 0 Å². The summed E-state index contributed by atoms with van der Waals surface area (Å²) in [6.45, 7) is 3.01. The van der Waals surface area contributed by atoms with E-state index in [-0.39, 0.29) is 11.9 Å². The molecule has 0 aliphatic carbocycles. The Morgan fingerprint density at radius 2 is 2.33 bits per heavy atom. The maximum Gasteiger partial charge on any atom is 0.241 e. The van der Waals surface area contributed by atoms with Crippen LogP contribution in [-0.4, -0.2) is 35.7 Å². The molecule has 1 aromatic carbocycles. The highest BCUT2D eigenvalue weighted by Crippen LogP contribution is 2.31. The summed E-state index contributed by atoms with van der Waals surface area (Å²) in [5.41, 5.74) is 2.05. The average Bonchev–Trinajstić information content (AvgIpc) is 2.70. The first kappa shape index (κ1) is 14.1. The predicted molar refractivity (Wildman–Crippen MR) is 86.2 cm³/mol. The molecule has 2 rings (SSSR count). The number of benzene rings is 1. The van der Waals surface area contributed by atoms with E-state index >= 15 is 0 Å². The predicted octanol–water partition coefficient (Wildman–Crippen LogP) is 3.09. The second-order valence-electron chi connectivity index (χ2n) is 4.76. The second kappa shape index (κ2) is 6.25.